The van der Waals surface area contributed by atoms with Crippen LogP contribution in [0.2, 0.25) is 0 Å². The van der Waals surface area contributed by atoms with Crippen molar-refractivity contribution in [3.8, 4) is 5.88 Å². The predicted molar refractivity (Wildman–Crippen MR) is 104 cm³/mol. The van der Waals surface area contributed by atoms with E-state index in [0.717, 1.165) is 24.7 Å². The zero-order valence-electron chi connectivity index (χ0n) is 14.7. The van der Waals surface area contributed by atoms with Crippen molar-refractivity contribution in [2.75, 3.05) is 18.0 Å². The van der Waals surface area contributed by atoms with Gasteiger partial charge in [-0.3, -0.25) is 4.99 Å². The van der Waals surface area contributed by atoms with E-state index < -0.39 is 0 Å². The minimum atomic E-state index is -0.341. The van der Waals surface area contributed by atoms with Gasteiger partial charge in [-0.15, -0.1) is 0 Å². The molecule has 1 aliphatic rings. The molecule has 2 heterocycles. The first kappa shape index (κ1) is 16.6. The summed E-state index contributed by atoms with van der Waals surface area (Å²) >= 11 is 0. The molecular formula is C21H22FN3O. The lowest BCUT2D eigenvalue weighted by atomic mass is 9.99. The second-order valence-corrected chi connectivity index (χ2v) is 7.02. The number of nitrogens with zero attached hydrogens (tertiary/aromatic N) is 2. The van der Waals surface area contributed by atoms with Crippen molar-refractivity contribution in [2.45, 2.75) is 19.8 Å². The number of rotatable bonds is 3. The maximum absolute atomic E-state index is 13.5. The highest BCUT2D eigenvalue weighted by Gasteiger charge is 2.15. The first-order valence-electron chi connectivity index (χ1n) is 8.99. The Morgan fingerprint density at radius 3 is 2.62 bits per heavy atom. The van der Waals surface area contributed by atoms with Gasteiger partial charge in [0.05, 0.1) is 11.3 Å². The van der Waals surface area contributed by atoms with Crippen molar-refractivity contribution in [2.24, 2.45) is 10.9 Å². The van der Waals surface area contributed by atoms with E-state index >= 15 is 0 Å². The minimum absolute atomic E-state index is 0.00610. The molecule has 5 heteroatoms. The molecule has 2 N–H and O–H groups in total. The van der Waals surface area contributed by atoms with Crippen LogP contribution >= 0.6 is 0 Å². The molecule has 1 saturated heterocycles. The molecule has 0 saturated carbocycles. The van der Waals surface area contributed by atoms with Crippen LogP contribution in [0.1, 0.15) is 25.3 Å². The minimum Gasteiger partial charge on any atom is -0.494 e. The van der Waals surface area contributed by atoms with Gasteiger partial charge in [-0.2, -0.15) is 0 Å². The highest BCUT2D eigenvalue weighted by molar-refractivity contribution is 6.02. The van der Waals surface area contributed by atoms with Crippen LogP contribution < -0.4 is 4.90 Å². The number of nitrogens with one attached hydrogen (secondary N) is 1. The van der Waals surface area contributed by atoms with E-state index in [-0.39, 0.29) is 11.7 Å². The van der Waals surface area contributed by atoms with Crippen LogP contribution in [0.3, 0.4) is 0 Å². The Labute approximate surface area is 152 Å². The lowest BCUT2D eigenvalue weighted by Gasteiger charge is -2.32. The average Bonchev–Trinajstić information content (AvgIpc) is 2.96. The van der Waals surface area contributed by atoms with Gasteiger partial charge in [0, 0.05) is 35.9 Å². The third-order valence-corrected chi connectivity index (χ3v) is 5.12. The van der Waals surface area contributed by atoms with Gasteiger partial charge >= 0.3 is 0 Å². The number of H-pyrrole nitrogens is 1. The van der Waals surface area contributed by atoms with Gasteiger partial charge in [-0.05, 0) is 61.2 Å². The molecular weight excluding hydrogens is 329 g/mol. The Kier molecular flexibility index (Phi) is 4.37. The largest absolute Gasteiger partial charge is 0.494 e. The number of aromatic amines is 1. The van der Waals surface area contributed by atoms with Gasteiger partial charge in [0.25, 0.3) is 0 Å². The van der Waals surface area contributed by atoms with Gasteiger partial charge in [0.15, 0.2) is 5.88 Å². The van der Waals surface area contributed by atoms with Crippen LogP contribution in [0.25, 0.3) is 10.9 Å². The van der Waals surface area contributed by atoms with E-state index in [9.17, 15) is 9.50 Å². The van der Waals surface area contributed by atoms with Crippen LogP contribution in [0.15, 0.2) is 47.5 Å². The quantitative estimate of drug-likeness (QED) is 0.653. The smallest absolute Gasteiger partial charge is 0.198 e. The van der Waals surface area contributed by atoms with Crippen molar-refractivity contribution < 1.29 is 9.50 Å². The monoisotopic (exact) mass is 351 g/mol. The summed E-state index contributed by atoms with van der Waals surface area (Å²) in [4.78, 5) is 9.68. The van der Waals surface area contributed by atoms with E-state index in [1.165, 1.54) is 30.7 Å². The maximum atomic E-state index is 13.5. The number of aliphatic imine (C=N–C) groups is 1. The summed E-state index contributed by atoms with van der Waals surface area (Å²) in [7, 11) is 0. The SMILES string of the molecule is CC1CCN(c2ccc(N=Cc3c(O)[nH]c4ccc(F)cc34)cc2)CC1. The lowest BCUT2D eigenvalue weighted by molar-refractivity contribution is 0.438. The zero-order valence-corrected chi connectivity index (χ0v) is 14.7. The van der Waals surface area contributed by atoms with E-state index in [4.69, 9.17) is 0 Å². The number of aromatic nitrogens is 1. The summed E-state index contributed by atoms with van der Waals surface area (Å²) in [5, 5.41) is 10.7. The van der Waals surface area contributed by atoms with Crippen LogP contribution in [-0.4, -0.2) is 29.4 Å². The predicted octanol–water partition coefficient (Wildman–Crippen LogP) is 5.00. The summed E-state index contributed by atoms with van der Waals surface area (Å²) in [6.07, 6.45) is 4.04. The summed E-state index contributed by atoms with van der Waals surface area (Å²) in [5.41, 5.74) is 3.19. The number of fused-ring (bicyclic) bond motifs is 1. The van der Waals surface area contributed by atoms with Crippen molar-refractivity contribution in [3.63, 3.8) is 0 Å². The number of anilines is 1. The highest BCUT2D eigenvalue weighted by atomic mass is 19.1. The van der Waals surface area contributed by atoms with E-state index in [1.807, 2.05) is 12.1 Å². The number of halogens is 1. The number of hydrogen-bond donors (Lipinski definition) is 2. The zero-order chi connectivity index (χ0) is 18.1. The molecule has 1 aromatic heterocycles. The Bertz CT molecular complexity index is 938. The second-order valence-electron chi connectivity index (χ2n) is 7.02. The topological polar surface area (TPSA) is 51.6 Å². The standard InChI is InChI=1S/C21H22FN3O/c1-14-8-10-25(11-9-14)17-5-3-16(4-6-17)23-13-19-18-12-15(22)2-7-20(18)24-21(19)26/h2-7,12-14,24,26H,8-11H2,1H3. The van der Waals surface area contributed by atoms with Gasteiger partial charge in [0.2, 0.25) is 0 Å². The second kappa shape index (κ2) is 6.83. The van der Waals surface area contributed by atoms with Gasteiger partial charge < -0.3 is 15.0 Å². The summed E-state index contributed by atoms with van der Waals surface area (Å²) < 4.78 is 13.5. The fourth-order valence-corrected chi connectivity index (χ4v) is 3.46. The third-order valence-electron chi connectivity index (χ3n) is 5.12. The molecule has 1 aliphatic heterocycles. The van der Waals surface area contributed by atoms with Crippen molar-refractivity contribution in [1.29, 1.82) is 0 Å². The van der Waals surface area contributed by atoms with E-state index in [0.29, 0.717) is 16.5 Å². The van der Waals surface area contributed by atoms with Crippen LogP contribution in [0, 0.1) is 11.7 Å². The summed E-state index contributed by atoms with van der Waals surface area (Å²) in [6.45, 7) is 4.50. The van der Waals surface area contributed by atoms with Gasteiger partial charge in [0.1, 0.15) is 5.82 Å². The Morgan fingerprint density at radius 2 is 1.88 bits per heavy atom. The summed E-state index contributed by atoms with van der Waals surface area (Å²) in [5.74, 6) is 0.462. The molecule has 0 atom stereocenters. The number of hydrogen-bond acceptors (Lipinski definition) is 3. The normalized spacial score (nSPS) is 16.0. The maximum Gasteiger partial charge on any atom is 0.198 e. The molecule has 1 fully saturated rings. The molecule has 3 aromatic rings. The Hall–Kier alpha value is -2.82. The van der Waals surface area contributed by atoms with Crippen molar-refractivity contribution in [3.05, 3.63) is 53.8 Å². The summed E-state index contributed by atoms with van der Waals surface area (Å²) in [6, 6.07) is 12.5. The molecule has 0 unspecified atom stereocenters. The molecule has 26 heavy (non-hydrogen) atoms. The van der Waals surface area contributed by atoms with Crippen LogP contribution in [0.5, 0.6) is 5.88 Å². The first-order valence-corrected chi connectivity index (χ1v) is 8.99. The molecule has 134 valence electrons. The molecule has 0 spiro atoms. The molecule has 4 nitrogen and oxygen atoms in total. The lowest BCUT2D eigenvalue weighted by Crippen LogP contribution is -2.32. The first-order chi connectivity index (χ1) is 12.6. The van der Waals surface area contributed by atoms with Crippen LogP contribution in [0.4, 0.5) is 15.8 Å². The fraction of sp³-hybridized carbons (Fsp3) is 0.286. The fourth-order valence-electron chi connectivity index (χ4n) is 3.46. The highest BCUT2D eigenvalue weighted by Crippen LogP contribution is 2.28. The Balaban J connectivity index is 1.54. The molecule has 0 bridgehead atoms. The van der Waals surface area contributed by atoms with Crippen molar-refractivity contribution in [1.82, 2.24) is 4.98 Å². The average molecular weight is 351 g/mol. The third kappa shape index (κ3) is 3.29. The number of piperidine rings is 1. The van der Waals surface area contributed by atoms with Crippen LogP contribution in [-0.2, 0) is 0 Å². The molecule has 0 radical (unpaired) electrons. The number of aromatic hydroxyl groups is 1. The van der Waals surface area contributed by atoms with E-state index in [1.54, 1.807) is 12.3 Å². The van der Waals surface area contributed by atoms with Gasteiger partial charge in [-0.1, -0.05) is 6.92 Å². The number of benzene rings is 2. The van der Waals surface area contributed by atoms with E-state index in [2.05, 4.69) is 33.9 Å². The van der Waals surface area contributed by atoms with Gasteiger partial charge in [-0.25, -0.2) is 4.39 Å². The van der Waals surface area contributed by atoms with Crippen molar-refractivity contribution >= 4 is 28.5 Å². The molecule has 0 aliphatic carbocycles. The molecule has 0 amide bonds. The molecule has 4 rings (SSSR count). The Morgan fingerprint density at radius 1 is 1.15 bits per heavy atom. The molecule has 2 aromatic carbocycles.